The van der Waals surface area contributed by atoms with Crippen LogP contribution in [0.2, 0.25) is 0 Å². The second kappa shape index (κ2) is 5.06. The van der Waals surface area contributed by atoms with Gasteiger partial charge in [-0.1, -0.05) is 6.92 Å². The van der Waals surface area contributed by atoms with E-state index in [0.29, 0.717) is 6.54 Å². The minimum Gasteiger partial charge on any atom is -0.309 e. The van der Waals surface area contributed by atoms with E-state index in [2.05, 4.69) is 21.8 Å². The van der Waals surface area contributed by atoms with Crippen molar-refractivity contribution in [2.75, 3.05) is 13.6 Å². The van der Waals surface area contributed by atoms with E-state index in [1.807, 2.05) is 7.05 Å². The van der Waals surface area contributed by atoms with Crippen LogP contribution in [0.5, 0.6) is 0 Å². The fraction of sp³-hybridized carbons (Fsp3) is 0.571. The monoisotopic (exact) mass is 277 g/mol. The summed E-state index contributed by atoms with van der Waals surface area (Å²) < 4.78 is 0. The third-order valence-corrected chi connectivity index (χ3v) is 5.02. The molecular weight excluding hydrogens is 258 g/mol. The maximum Gasteiger partial charge on any atom is 0.259 e. The molecule has 2 aromatic rings. The van der Waals surface area contributed by atoms with Crippen LogP contribution in [0.15, 0.2) is 4.79 Å². The van der Waals surface area contributed by atoms with Crippen LogP contribution in [0.1, 0.15) is 36.0 Å². The van der Waals surface area contributed by atoms with Crippen LogP contribution in [0.3, 0.4) is 0 Å². The van der Waals surface area contributed by atoms with E-state index in [4.69, 9.17) is 0 Å². The smallest absolute Gasteiger partial charge is 0.259 e. The van der Waals surface area contributed by atoms with Crippen LogP contribution < -0.4 is 5.56 Å². The van der Waals surface area contributed by atoms with Gasteiger partial charge in [-0.15, -0.1) is 11.3 Å². The molecule has 0 radical (unpaired) electrons. The van der Waals surface area contributed by atoms with Crippen molar-refractivity contribution in [2.24, 2.45) is 0 Å². The van der Waals surface area contributed by atoms with E-state index in [9.17, 15) is 4.79 Å². The molecule has 0 saturated heterocycles. The van der Waals surface area contributed by atoms with E-state index in [-0.39, 0.29) is 5.56 Å². The highest BCUT2D eigenvalue weighted by atomic mass is 32.1. The van der Waals surface area contributed by atoms with Crippen LogP contribution in [0, 0.1) is 0 Å². The van der Waals surface area contributed by atoms with Crippen LogP contribution in [0.25, 0.3) is 10.2 Å². The van der Waals surface area contributed by atoms with Gasteiger partial charge in [0.15, 0.2) is 0 Å². The maximum absolute atomic E-state index is 12.3. The fourth-order valence-electron chi connectivity index (χ4n) is 2.65. The lowest BCUT2D eigenvalue weighted by Crippen LogP contribution is -2.21. The molecule has 1 aliphatic carbocycles. The molecule has 0 aliphatic heterocycles. The number of aryl methyl sites for hydroxylation is 2. The normalized spacial score (nSPS) is 15.1. The van der Waals surface area contributed by atoms with Gasteiger partial charge in [-0.25, -0.2) is 4.98 Å². The number of nitrogens with one attached hydrogen (secondary N) is 1. The lowest BCUT2D eigenvalue weighted by molar-refractivity contribution is 0.336. The molecule has 4 nitrogen and oxygen atoms in total. The van der Waals surface area contributed by atoms with Gasteiger partial charge < -0.3 is 4.98 Å². The van der Waals surface area contributed by atoms with Crippen LogP contribution in [-0.4, -0.2) is 28.5 Å². The quantitative estimate of drug-likeness (QED) is 0.936. The first-order valence-corrected chi connectivity index (χ1v) is 7.72. The van der Waals surface area contributed by atoms with Gasteiger partial charge in [-0.3, -0.25) is 9.69 Å². The topological polar surface area (TPSA) is 49.0 Å². The van der Waals surface area contributed by atoms with Gasteiger partial charge in [0, 0.05) is 4.88 Å². The summed E-state index contributed by atoms with van der Waals surface area (Å²) in [6.07, 6.45) is 4.58. The highest BCUT2D eigenvalue weighted by molar-refractivity contribution is 7.18. The molecule has 0 amide bonds. The highest BCUT2D eigenvalue weighted by Crippen LogP contribution is 2.33. The number of H-pyrrole nitrogens is 1. The summed E-state index contributed by atoms with van der Waals surface area (Å²) >= 11 is 1.71. The van der Waals surface area contributed by atoms with Gasteiger partial charge in [0.25, 0.3) is 5.56 Å². The van der Waals surface area contributed by atoms with Crippen LogP contribution in [0.4, 0.5) is 0 Å². The Kier molecular flexibility index (Phi) is 3.41. The SMILES string of the molecule is CCN(C)Cc1nc2sc3c(c2c(=O)[nH]1)CCCC3. The summed E-state index contributed by atoms with van der Waals surface area (Å²) in [4.78, 5) is 24.3. The molecule has 0 fully saturated rings. The second-order valence-corrected chi connectivity index (χ2v) is 6.32. The fourth-order valence-corrected chi connectivity index (χ4v) is 3.93. The van der Waals surface area contributed by atoms with Gasteiger partial charge in [-0.05, 0) is 44.8 Å². The maximum atomic E-state index is 12.3. The lowest BCUT2D eigenvalue weighted by atomic mass is 9.97. The van der Waals surface area contributed by atoms with Crippen molar-refractivity contribution in [3.05, 3.63) is 26.6 Å². The summed E-state index contributed by atoms with van der Waals surface area (Å²) in [5, 5.41) is 0.850. The first-order chi connectivity index (χ1) is 9.19. The molecule has 1 N–H and O–H groups in total. The number of aromatic amines is 1. The number of hydrogen-bond acceptors (Lipinski definition) is 4. The Labute approximate surface area is 116 Å². The Bertz CT molecular complexity index is 658. The minimum atomic E-state index is 0.0453. The predicted molar refractivity (Wildman–Crippen MR) is 78.9 cm³/mol. The number of aromatic nitrogens is 2. The van der Waals surface area contributed by atoms with E-state index < -0.39 is 0 Å². The Morgan fingerprint density at radius 3 is 2.95 bits per heavy atom. The molecule has 3 rings (SSSR count). The summed E-state index contributed by atoms with van der Waals surface area (Å²) in [6.45, 7) is 3.74. The van der Waals surface area contributed by atoms with Gasteiger partial charge in [-0.2, -0.15) is 0 Å². The predicted octanol–water partition coefficient (Wildman–Crippen LogP) is 2.32. The Balaban J connectivity index is 2.09. The van der Waals surface area contributed by atoms with Crippen molar-refractivity contribution in [3.8, 4) is 0 Å². The molecule has 0 unspecified atom stereocenters. The average molecular weight is 277 g/mol. The Morgan fingerprint density at radius 2 is 2.16 bits per heavy atom. The molecule has 0 saturated carbocycles. The average Bonchev–Trinajstić information content (AvgIpc) is 2.76. The molecule has 2 aromatic heterocycles. The molecule has 1 aliphatic rings. The third kappa shape index (κ3) is 2.32. The number of hydrogen-bond donors (Lipinski definition) is 1. The number of thiophene rings is 1. The zero-order valence-electron chi connectivity index (χ0n) is 11.5. The molecule has 19 heavy (non-hydrogen) atoms. The molecule has 0 atom stereocenters. The first-order valence-electron chi connectivity index (χ1n) is 6.91. The molecule has 0 aromatic carbocycles. The highest BCUT2D eigenvalue weighted by Gasteiger charge is 2.19. The van der Waals surface area contributed by atoms with Crippen LogP contribution >= 0.6 is 11.3 Å². The number of rotatable bonds is 3. The van der Waals surface area contributed by atoms with Crippen LogP contribution in [-0.2, 0) is 19.4 Å². The van der Waals surface area contributed by atoms with Crippen molar-refractivity contribution in [1.29, 1.82) is 0 Å². The van der Waals surface area contributed by atoms with Crippen molar-refractivity contribution in [2.45, 2.75) is 39.2 Å². The van der Waals surface area contributed by atoms with Crippen molar-refractivity contribution in [3.63, 3.8) is 0 Å². The molecular formula is C14H19N3OS. The molecule has 2 heterocycles. The first kappa shape index (κ1) is 12.8. The van der Waals surface area contributed by atoms with E-state index in [1.54, 1.807) is 11.3 Å². The second-order valence-electron chi connectivity index (χ2n) is 5.23. The van der Waals surface area contributed by atoms with Gasteiger partial charge in [0.2, 0.25) is 0 Å². The molecule has 102 valence electrons. The molecule has 0 spiro atoms. The van der Waals surface area contributed by atoms with Crippen molar-refractivity contribution in [1.82, 2.24) is 14.9 Å². The largest absolute Gasteiger partial charge is 0.309 e. The number of nitrogens with zero attached hydrogens (tertiary/aromatic N) is 2. The minimum absolute atomic E-state index is 0.0453. The molecule has 0 bridgehead atoms. The zero-order chi connectivity index (χ0) is 13.4. The Hall–Kier alpha value is -1.20. The summed E-state index contributed by atoms with van der Waals surface area (Å²) in [5.41, 5.74) is 1.30. The van der Waals surface area contributed by atoms with Gasteiger partial charge >= 0.3 is 0 Å². The standard InChI is InChI=1S/C14H19N3OS/c1-3-17(2)8-11-15-13(18)12-9-6-4-5-7-10(9)19-14(12)16-11/h3-8H2,1-2H3,(H,15,16,18). The summed E-state index contributed by atoms with van der Waals surface area (Å²) in [5.74, 6) is 0.778. The summed E-state index contributed by atoms with van der Waals surface area (Å²) in [7, 11) is 2.03. The van der Waals surface area contributed by atoms with Gasteiger partial charge in [0.05, 0.1) is 11.9 Å². The Morgan fingerprint density at radius 1 is 1.37 bits per heavy atom. The van der Waals surface area contributed by atoms with E-state index in [1.165, 1.54) is 23.3 Å². The lowest BCUT2D eigenvalue weighted by Gasteiger charge is -2.12. The molecule has 5 heteroatoms. The van der Waals surface area contributed by atoms with E-state index in [0.717, 1.165) is 35.4 Å². The van der Waals surface area contributed by atoms with E-state index >= 15 is 0 Å². The zero-order valence-corrected chi connectivity index (χ0v) is 12.3. The van der Waals surface area contributed by atoms with Crippen molar-refractivity contribution >= 4 is 21.6 Å². The summed E-state index contributed by atoms with van der Waals surface area (Å²) in [6, 6.07) is 0. The van der Waals surface area contributed by atoms with Gasteiger partial charge in [0.1, 0.15) is 10.7 Å². The van der Waals surface area contributed by atoms with Crippen molar-refractivity contribution < 1.29 is 0 Å². The third-order valence-electron chi connectivity index (χ3n) is 3.83. The number of fused-ring (bicyclic) bond motifs is 3.